The van der Waals surface area contributed by atoms with Crippen LogP contribution in [-0.4, -0.2) is 0 Å². The van der Waals surface area contributed by atoms with E-state index in [1.165, 1.54) is 49.5 Å². The molecule has 260 valence electrons. The Morgan fingerprint density at radius 1 is 0.382 bits per heavy atom. The van der Waals surface area contributed by atoms with Gasteiger partial charge in [-0.05, 0) is 91.0 Å². The van der Waals surface area contributed by atoms with Crippen LogP contribution in [0.15, 0.2) is 192 Å². The summed E-state index contributed by atoms with van der Waals surface area (Å²) in [7, 11) is 0. The van der Waals surface area contributed by atoms with Gasteiger partial charge in [0.2, 0.25) is 0 Å². The van der Waals surface area contributed by atoms with Crippen molar-refractivity contribution in [2.75, 3.05) is 4.90 Å². The van der Waals surface area contributed by atoms with Crippen LogP contribution in [0.25, 0.3) is 76.9 Å². The summed E-state index contributed by atoms with van der Waals surface area (Å²) in [5.74, 6) is 0. The molecule has 0 aliphatic heterocycles. The Labute approximate surface area is 320 Å². The molecule has 0 unspecified atom stereocenters. The second kappa shape index (κ2) is 12.1. The lowest BCUT2D eigenvalue weighted by Gasteiger charge is -2.28. The number of hydrogen-bond acceptors (Lipinski definition) is 2. The van der Waals surface area contributed by atoms with Crippen molar-refractivity contribution in [3.63, 3.8) is 0 Å². The van der Waals surface area contributed by atoms with Crippen LogP contribution in [0.5, 0.6) is 0 Å². The summed E-state index contributed by atoms with van der Waals surface area (Å²) in [5.41, 5.74) is 14.9. The highest BCUT2D eigenvalue weighted by molar-refractivity contribution is 6.32. The topological polar surface area (TPSA) is 16.4 Å². The first-order valence-electron chi connectivity index (χ1n) is 19.1. The van der Waals surface area contributed by atoms with Crippen LogP contribution < -0.4 is 4.90 Å². The Hall–Kier alpha value is -6.90. The van der Waals surface area contributed by atoms with Crippen molar-refractivity contribution in [1.82, 2.24) is 0 Å². The van der Waals surface area contributed by atoms with E-state index < -0.39 is 0 Å². The zero-order valence-electron chi connectivity index (χ0n) is 30.8. The van der Waals surface area contributed by atoms with E-state index in [1.807, 2.05) is 0 Å². The highest BCUT2D eigenvalue weighted by Gasteiger charge is 2.36. The van der Waals surface area contributed by atoms with E-state index in [0.29, 0.717) is 0 Å². The molecule has 0 spiro atoms. The number of benzene rings is 9. The molecule has 1 heterocycles. The molecule has 10 aromatic rings. The van der Waals surface area contributed by atoms with Gasteiger partial charge in [-0.2, -0.15) is 0 Å². The predicted octanol–water partition coefficient (Wildman–Crippen LogP) is 15.0. The van der Waals surface area contributed by atoms with E-state index in [9.17, 15) is 0 Å². The molecular weight excluding hydrogens is 667 g/mol. The van der Waals surface area contributed by atoms with Crippen LogP contribution >= 0.6 is 0 Å². The van der Waals surface area contributed by atoms with Gasteiger partial charge in [0.1, 0.15) is 11.2 Å². The van der Waals surface area contributed by atoms with Crippen molar-refractivity contribution in [1.29, 1.82) is 0 Å². The zero-order valence-corrected chi connectivity index (χ0v) is 30.8. The van der Waals surface area contributed by atoms with Crippen molar-refractivity contribution in [3.8, 4) is 33.4 Å². The fourth-order valence-corrected chi connectivity index (χ4v) is 9.20. The first-order valence-corrected chi connectivity index (χ1v) is 19.1. The van der Waals surface area contributed by atoms with E-state index in [4.69, 9.17) is 4.42 Å². The largest absolute Gasteiger partial charge is 0.455 e. The molecule has 55 heavy (non-hydrogen) atoms. The summed E-state index contributed by atoms with van der Waals surface area (Å²) < 4.78 is 7.10. The Kier molecular flexibility index (Phi) is 6.93. The van der Waals surface area contributed by atoms with Gasteiger partial charge in [0.05, 0.1) is 5.69 Å². The number of fused-ring (bicyclic) bond motifs is 11. The summed E-state index contributed by atoms with van der Waals surface area (Å²) in [6.45, 7) is 4.70. The van der Waals surface area contributed by atoms with Gasteiger partial charge in [0.15, 0.2) is 0 Å². The summed E-state index contributed by atoms with van der Waals surface area (Å²) in [6.07, 6.45) is 0. The second-order valence-electron chi connectivity index (χ2n) is 15.3. The van der Waals surface area contributed by atoms with Gasteiger partial charge in [-0.25, -0.2) is 0 Å². The molecule has 1 aromatic heterocycles. The fourth-order valence-electron chi connectivity index (χ4n) is 9.20. The van der Waals surface area contributed by atoms with E-state index in [1.54, 1.807) is 0 Å². The van der Waals surface area contributed by atoms with Gasteiger partial charge >= 0.3 is 0 Å². The van der Waals surface area contributed by atoms with Gasteiger partial charge in [0, 0.05) is 39.0 Å². The second-order valence-corrected chi connectivity index (χ2v) is 15.3. The lowest BCUT2D eigenvalue weighted by molar-refractivity contribution is 0.660. The molecule has 0 radical (unpaired) electrons. The lowest BCUT2D eigenvalue weighted by atomic mass is 9.82. The molecule has 0 saturated carbocycles. The normalized spacial score (nSPS) is 13.1. The molecule has 11 rings (SSSR count). The highest BCUT2D eigenvalue weighted by Crippen LogP contribution is 2.52. The first kappa shape index (κ1) is 31.6. The number of nitrogens with zero attached hydrogens (tertiary/aromatic N) is 1. The third-order valence-electron chi connectivity index (χ3n) is 11.8. The quantitative estimate of drug-likeness (QED) is 0.166. The molecule has 0 amide bonds. The monoisotopic (exact) mass is 703 g/mol. The van der Waals surface area contributed by atoms with E-state index in [0.717, 1.165) is 55.5 Å². The molecule has 0 fully saturated rings. The Morgan fingerprint density at radius 3 is 1.69 bits per heavy atom. The molecular formula is C53H37NO. The number of hydrogen-bond donors (Lipinski definition) is 0. The molecule has 1 aliphatic rings. The minimum atomic E-state index is -0.134. The van der Waals surface area contributed by atoms with Crippen molar-refractivity contribution in [3.05, 3.63) is 199 Å². The molecule has 0 N–H and O–H groups in total. The Bertz CT molecular complexity index is 3100. The van der Waals surface area contributed by atoms with Crippen molar-refractivity contribution < 1.29 is 4.42 Å². The first-order chi connectivity index (χ1) is 27.0. The number of furan rings is 1. The van der Waals surface area contributed by atoms with Gasteiger partial charge in [-0.15, -0.1) is 0 Å². The molecule has 0 saturated heterocycles. The average molecular weight is 704 g/mol. The van der Waals surface area contributed by atoms with Gasteiger partial charge in [0.25, 0.3) is 0 Å². The van der Waals surface area contributed by atoms with Crippen molar-refractivity contribution in [2.24, 2.45) is 0 Å². The molecule has 0 atom stereocenters. The third-order valence-corrected chi connectivity index (χ3v) is 11.8. The Balaban J connectivity index is 1.20. The summed E-state index contributed by atoms with van der Waals surface area (Å²) in [5, 5.41) is 7.06. The maximum Gasteiger partial charge on any atom is 0.143 e. The third kappa shape index (κ3) is 4.81. The lowest BCUT2D eigenvalue weighted by Crippen LogP contribution is -2.16. The fraction of sp³-hybridized carbons (Fsp3) is 0.0566. The van der Waals surface area contributed by atoms with Gasteiger partial charge in [-0.3, -0.25) is 0 Å². The molecule has 9 aromatic carbocycles. The van der Waals surface area contributed by atoms with Crippen LogP contribution in [-0.2, 0) is 5.41 Å². The van der Waals surface area contributed by atoms with Crippen LogP contribution in [0.4, 0.5) is 17.1 Å². The van der Waals surface area contributed by atoms with Crippen molar-refractivity contribution in [2.45, 2.75) is 19.3 Å². The standard InChI is InChI=1S/C53H37NO/c1-53(2)47-24-14-13-21-42(47)43-30-29-38(32-48(43)53)54(37-27-25-35(26-28-37)34-15-5-3-6-16-34)39-31-46(36-17-7-4-8-18-36)50-49(33-39)55-52-45-23-12-10-20-41(45)40-19-9-11-22-44(40)51(50)52/h3-33H,1-2H3. The smallest absolute Gasteiger partial charge is 0.143 e. The summed E-state index contributed by atoms with van der Waals surface area (Å²) in [6, 6.07) is 68.2. The maximum atomic E-state index is 7.10. The summed E-state index contributed by atoms with van der Waals surface area (Å²) >= 11 is 0. The van der Waals surface area contributed by atoms with Crippen LogP contribution in [0.1, 0.15) is 25.0 Å². The van der Waals surface area contributed by atoms with Gasteiger partial charge < -0.3 is 9.32 Å². The van der Waals surface area contributed by atoms with Crippen LogP contribution in [0.3, 0.4) is 0 Å². The highest BCUT2D eigenvalue weighted by atomic mass is 16.3. The SMILES string of the molecule is CC1(C)c2ccccc2-c2ccc(N(c3ccc(-c4ccccc4)cc3)c3cc(-c4ccccc4)c4c(c3)oc3c5ccccc5c5ccccc5c34)cc21. The number of rotatable bonds is 5. The number of anilines is 3. The molecule has 1 aliphatic carbocycles. The van der Waals surface area contributed by atoms with E-state index in [2.05, 4.69) is 207 Å². The predicted molar refractivity (Wildman–Crippen MR) is 232 cm³/mol. The Morgan fingerprint density at radius 2 is 0.945 bits per heavy atom. The van der Waals surface area contributed by atoms with E-state index >= 15 is 0 Å². The average Bonchev–Trinajstić information content (AvgIpc) is 3.74. The maximum absolute atomic E-state index is 7.10. The van der Waals surface area contributed by atoms with Crippen LogP contribution in [0, 0.1) is 0 Å². The molecule has 0 bridgehead atoms. The van der Waals surface area contributed by atoms with Gasteiger partial charge in [-0.1, -0.05) is 166 Å². The summed E-state index contributed by atoms with van der Waals surface area (Å²) in [4.78, 5) is 2.41. The van der Waals surface area contributed by atoms with E-state index in [-0.39, 0.29) is 5.41 Å². The van der Waals surface area contributed by atoms with Crippen molar-refractivity contribution >= 4 is 60.5 Å². The minimum absolute atomic E-state index is 0.134. The zero-order chi connectivity index (χ0) is 36.7. The minimum Gasteiger partial charge on any atom is -0.455 e. The molecule has 2 heteroatoms. The molecule has 2 nitrogen and oxygen atoms in total. The van der Waals surface area contributed by atoms with Crippen LogP contribution in [0.2, 0.25) is 0 Å².